The Kier molecular flexibility index (Phi) is 7.81. The monoisotopic (exact) mass is 424 g/mol. The summed E-state index contributed by atoms with van der Waals surface area (Å²) < 4.78 is 1.01. The second-order valence-electron chi connectivity index (χ2n) is 7.05. The summed E-state index contributed by atoms with van der Waals surface area (Å²) in [5.41, 5.74) is 3.45. The molecular formula is C20H28N2O2S3. The Morgan fingerprint density at radius 3 is 2.56 bits per heavy atom. The predicted molar refractivity (Wildman–Crippen MR) is 118 cm³/mol. The molecule has 1 aliphatic heterocycles. The maximum absolute atomic E-state index is 10.4. The van der Waals surface area contributed by atoms with E-state index in [4.69, 9.17) is 17.3 Å². The summed E-state index contributed by atoms with van der Waals surface area (Å²) in [5, 5.41) is 19.4. The van der Waals surface area contributed by atoms with Gasteiger partial charge in [-0.2, -0.15) is 0 Å². The summed E-state index contributed by atoms with van der Waals surface area (Å²) >= 11 is 5.52. The van der Waals surface area contributed by atoms with Gasteiger partial charge in [-0.15, -0.1) is 0 Å². The van der Waals surface area contributed by atoms with Crippen LogP contribution < -0.4 is 0 Å². The van der Waals surface area contributed by atoms with Gasteiger partial charge in [0.25, 0.3) is 0 Å². The van der Waals surface area contributed by atoms with E-state index in [-0.39, 0.29) is 6.61 Å². The van der Waals surface area contributed by atoms with E-state index >= 15 is 0 Å². The largest absolute Gasteiger partial charge is 0.508 e. The first-order valence-corrected chi connectivity index (χ1v) is 12.2. The Morgan fingerprint density at radius 1 is 1.11 bits per heavy atom. The predicted octanol–water partition coefficient (Wildman–Crippen LogP) is 4.36. The van der Waals surface area contributed by atoms with Crippen molar-refractivity contribution in [3.8, 4) is 16.2 Å². The van der Waals surface area contributed by atoms with Gasteiger partial charge in [-0.1, -0.05) is 46.2 Å². The van der Waals surface area contributed by atoms with Gasteiger partial charge < -0.3 is 15.1 Å². The number of aliphatic hydroxyl groups is 1. The summed E-state index contributed by atoms with van der Waals surface area (Å²) in [6.45, 7) is 8.21. The van der Waals surface area contributed by atoms with Crippen LogP contribution in [0, 0.1) is 3.82 Å². The molecule has 0 radical (unpaired) electrons. The lowest BCUT2D eigenvalue weighted by molar-refractivity contribution is 0.119. The third kappa shape index (κ3) is 5.37. The highest BCUT2D eigenvalue weighted by molar-refractivity contribution is 7.80. The molecule has 0 unspecified atom stereocenters. The lowest BCUT2D eigenvalue weighted by Gasteiger charge is -2.34. The van der Waals surface area contributed by atoms with Crippen LogP contribution in [-0.4, -0.2) is 59.3 Å². The molecule has 0 aliphatic carbocycles. The fourth-order valence-corrected chi connectivity index (χ4v) is 6.52. The van der Waals surface area contributed by atoms with E-state index in [2.05, 4.69) is 22.8 Å². The quantitative estimate of drug-likeness (QED) is 0.487. The summed E-state index contributed by atoms with van der Waals surface area (Å²) in [6, 6.07) is 5.98. The first kappa shape index (κ1) is 20.9. The Balaban J connectivity index is 1.71. The Morgan fingerprint density at radius 2 is 1.85 bits per heavy atom. The molecule has 0 bridgehead atoms. The highest BCUT2D eigenvalue weighted by atomic mass is 32.9. The van der Waals surface area contributed by atoms with E-state index in [0.717, 1.165) is 67.9 Å². The summed E-state index contributed by atoms with van der Waals surface area (Å²) in [7, 11) is 3.43. The van der Waals surface area contributed by atoms with Crippen LogP contribution >= 0.6 is 32.9 Å². The first-order chi connectivity index (χ1) is 13.1. The molecule has 7 heteroatoms. The van der Waals surface area contributed by atoms with Crippen molar-refractivity contribution in [1.29, 1.82) is 0 Å². The van der Waals surface area contributed by atoms with Gasteiger partial charge in [-0.05, 0) is 42.2 Å². The summed E-state index contributed by atoms with van der Waals surface area (Å²) in [4.78, 5) is 6.07. The van der Waals surface area contributed by atoms with E-state index in [1.165, 1.54) is 16.0 Å². The number of phenolic OH excluding ortho intramolecular Hbond substituents is 1. The van der Waals surface area contributed by atoms with E-state index in [0.29, 0.717) is 5.75 Å². The van der Waals surface area contributed by atoms with Crippen molar-refractivity contribution in [2.75, 3.05) is 39.3 Å². The molecule has 2 N–H and O–H groups in total. The van der Waals surface area contributed by atoms with E-state index < -0.39 is 0 Å². The zero-order valence-electron chi connectivity index (χ0n) is 15.8. The van der Waals surface area contributed by atoms with Crippen molar-refractivity contribution in [2.24, 2.45) is 0 Å². The van der Waals surface area contributed by atoms with Crippen LogP contribution in [0.3, 0.4) is 0 Å². The average molecular weight is 425 g/mol. The van der Waals surface area contributed by atoms with E-state index in [9.17, 15) is 5.11 Å². The number of phenols is 1. The average Bonchev–Trinajstić information content (AvgIpc) is 3.04. The zero-order valence-corrected chi connectivity index (χ0v) is 18.3. The van der Waals surface area contributed by atoms with Crippen molar-refractivity contribution in [2.45, 2.75) is 32.7 Å². The number of hydrogen-bond acceptors (Lipinski definition) is 7. The van der Waals surface area contributed by atoms with Gasteiger partial charge in [0, 0.05) is 51.4 Å². The number of hydrogen-bond donors (Lipinski definition) is 2. The van der Waals surface area contributed by atoms with Crippen LogP contribution in [0.2, 0.25) is 0 Å². The molecule has 148 valence electrons. The molecule has 0 atom stereocenters. The van der Waals surface area contributed by atoms with Crippen molar-refractivity contribution < 1.29 is 10.2 Å². The molecule has 1 aliphatic rings. The maximum Gasteiger partial charge on any atom is 0.120 e. The number of rotatable bonds is 8. The molecule has 1 fully saturated rings. The molecule has 0 spiro atoms. The third-order valence-electron chi connectivity index (χ3n) is 5.05. The van der Waals surface area contributed by atoms with Crippen molar-refractivity contribution in [1.82, 2.24) is 9.80 Å². The molecule has 4 nitrogen and oxygen atoms in total. The minimum Gasteiger partial charge on any atom is -0.508 e. The normalized spacial score (nSPS) is 16.1. The highest BCUT2D eigenvalue weighted by Crippen LogP contribution is 2.37. The number of piperazine rings is 1. The van der Waals surface area contributed by atoms with Gasteiger partial charge in [-0.3, -0.25) is 4.90 Å². The highest BCUT2D eigenvalue weighted by Gasteiger charge is 2.18. The van der Waals surface area contributed by atoms with Crippen molar-refractivity contribution in [3.05, 3.63) is 33.1 Å². The van der Waals surface area contributed by atoms with Gasteiger partial charge in [-0.25, -0.2) is 0 Å². The minimum atomic E-state index is 0.260. The third-order valence-corrected chi connectivity index (χ3v) is 8.25. The van der Waals surface area contributed by atoms with Crippen LogP contribution in [-0.2, 0) is 13.0 Å². The van der Waals surface area contributed by atoms with Crippen LogP contribution in [0.5, 0.6) is 5.75 Å². The number of nitrogens with zero attached hydrogens (tertiary/aromatic N) is 2. The fourth-order valence-electron chi connectivity index (χ4n) is 3.52. The number of aliphatic hydroxyl groups excluding tert-OH is 1. The summed E-state index contributed by atoms with van der Waals surface area (Å²) in [6.07, 6.45) is 2.95. The first-order valence-electron chi connectivity index (χ1n) is 9.62. The van der Waals surface area contributed by atoms with Gasteiger partial charge in [0.1, 0.15) is 9.57 Å². The molecule has 0 saturated carbocycles. The molecule has 27 heavy (non-hydrogen) atoms. The van der Waals surface area contributed by atoms with Crippen LogP contribution in [0.15, 0.2) is 18.2 Å². The van der Waals surface area contributed by atoms with Gasteiger partial charge in [0.2, 0.25) is 0 Å². The molecule has 3 rings (SSSR count). The molecular weight excluding hydrogens is 396 g/mol. The van der Waals surface area contributed by atoms with Gasteiger partial charge >= 0.3 is 0 Å². The molecule has 1 aromatic carbocycles. The van der Waals surface area contributed by atoms with E-state index in [1.54, 1.807) is 20.7 Å². The lowest BCUT2D eigenvalue weighted by atomic mass is 10.0. The lowest BCUT2D eigenvalue weighted by Crippen LogP contribution is -2.46. The number of benzene rings is 1. The Hall–Kier alpha value is -0.830. The fraction of sp³-hybridized carbons (Fsp3) is 0.550. The topological polar surface area (TPSA) is 46.9 Å². The van der Waals surface area contributed by atoms with Crippen molar-refractivity contribution >= 4 is 32.9 Å². The molecule has 2 heterocycles. The van der Waals surface area contributed by atoms with Crippen LogP contribution in [0.1, 0.15) is 30.9 Å². The SMILES string of the molecule is CCCc1c(-c2ccc(O)c(CN3CCN(CCCO)CC3)c2)ssc1=S. The minimum absolute atomic E-state index is 0.260. The van der Waals surface area contributed by atoms with Crippen molar-refractivity contribution in [3.63, 3.8) is 0 Å². The Bertz CT molecular complexity index is 795. The smallest absolute Gasteiger partial charge is 0.120 e. The second kappa shape index (κ2) is 10.1. The molecule has 2 aromatic rings. The number of aromatic hydroxyl groups is 1. The second-order valence-corrected chi connectivity index (χ2v) is 9.87. The van der Waals surface area contributed by atoms with Gasteiger partial charge in [0.05, 0.1) is 4.88 Å². The van der Waals surface area contributed by atoms with Gasteiger partial charge in [0.15, 0.2) is 0 Å². The van der Waals surface area contributed by atoms with E-state index in [1.807, 2.05) is 12.1 Å². The zero-order chi connectivity index (χ0) is 19.2. The van der Waals surface area contributed by atoms with Crippen LogP contribution in [0.25, 0.3) is 10.4 Å². The van der Waals surface area contributed by atoms with Crippen LogP contribution in [0.4, 0.5) is 0 Å². The molecule has 1 aromatic heterocycles. The summed E-state index contributed by atoms with van der Waals surface area (Å²) in [5.74, 6) is 0.373. The Labute approximate surface area is 174 Å². The molecule has 0 amide bonds. The maximum atomic E-state index is 10.4. The standard InChI is InChI=1S/C20H28N2O2S3/c1-2-4-17-19(26-27-20(17)25)15-5-6-18(24)16(13-15)14-22-10-8-21(9-11-22)7-3-12-23/h5-6,13,23-24H,2-4,7-12,14H2,1H3. The molecule has 1 saturated heterocycles.